The number of halogens is 2. The van der Waals surface area contributed by atoms with Gasteiger partial charge in [0.25, 0.3) is 0 Å². The fourth-order valence-corrected chi connectivity index (χ4v) is 3.91. The lowest BCUT2D eigenvalue weighted by Crippen LogP contribution is -2.29. The summed E-state index contributed by atoms with van der Waals surface area (Å²) in [7, 11) is 3.35. The number of amides is 2. The second-order valence-electron chi connectivity index (χ2n) is 7.18. The molecule has 0 aliphatic heterocycles. The summed E-state index contributed by atoms with van der Waals surface area (Å²) >= 11 is 6.92. The molecule has 0 aliphatic carbocycles. The van der Waals surface area contributed by atoms with Crippen LogP contribution in [0.3, 0.4) is 0 Å². The molecule has 2 aromatic carbocycles. The first kappa shape index (κ1) is 24.5. The number of carbonyl (C=O) groups excluding carboxylic acids is 2. The molecule has 3 aromatic rings. The number of benzene rings is 2. The highest BCUT2D eigenvalue weighted by molar-refractivity contribution is 7.99. The molecule has 33 heavy (non-hydrogen) atoms. The molecule has 0 spiro atoms. The maximum atomic E-state index is 13.2. The Labute approximate surface area is 199 Å². The van der Waals surface area contributed by atoms with Crippen LogP contribution < -0.4 is 15.4 Å². The maximum Gasteiger partial charge on any atom is 0.234 e. The van der Waals surface area contributed by atoms with Crippen molar-refractivity contribution in [3.63, 3.8) is 0 Å². The minimum atomic E-state index is -0.555. The fourth-order valence-electron chi connectivity index (χ4n) is 3.02. The highest BCUT2D eigenvalue weighted by Gasteiger charge is 2.18. The molecular formula is C22H23ClFN5O3S. The Morgan fingerprint density at radius 3 is 2.58 bits per heavy atom. The first-order valence-electron chi connectivity index (χ1n) is 9.96. The largest absolute Gasteiger partial charge is 0.497 e. The molecule has 0 radical (unpaired) electrons. The minimum Gasteiger partial charge on any atom is -0.497 e. The normalized spacial score (nSPS) is 11.7. The van der Waals surface area contributed by atoms with Crippen molar-refractivity contribution in [2.24, 2.45) is 7.05 Å². The van der Waals surface area contributed by atoms with Gasteiger partial charge in [-0.1, -0.05) is 35.5 Å². The molecule has 1 heterocycles. The van der Waals surface area contributed by atoms with Crippen molar-refractivity contribution < 1.29 is 18.7 Å². The molecule has 3 rings (SSSR count). The number of hydrogen-bond donors (Lipinski definition) is 2. The molecule has 2 amide bonds. The van der Waals surface area contributed by atoms with E-state index in [2.05, 4.69) is 20.8 Å². The van der Waals surface area contributed by atoms with Gasteiger partial charge < -0.3 is 19.9 Å². The number of anilines is 1. The highest BCUT2D eigenvalue weighted by atomic mass is 35.5. The Balaban J connectivity index is 1.52. The number of aromatic nitrogens is 3. The number of carbonyl (C=O) groups is 2. The van der Waals surface area contributed by atoms with Crippen LogP contribution in [-0.4, -0.2) is 39.4 Å². The van der Waals surface area contributed by atoms with Crippen LogP contribution in [0.25, 0.3) is 0 Å². The molecule has 11 heteroatoms. The van der Waals surface area contributed by atoms with Crippen molar-refractivity contribution in [2.75, 3.05) is 18.2 Å². The average molecular weight is 492 g/mol. The lowest BCUT2D eigenvalue weighted by molar-refractivity contribution is -0.121. The van der Waals surface area contributed by atoms with Crippen molar-refractivity contribution in [3.05, 3.63) is 64.7 Å². The van der Waals surface area contributed by atoms with Crippen LogP contribution >= 0.6 is 23.4 Å². The van der Waals surface area contributed by atoms with Crippen LogP contribution in [0, 0.1) is 5.82 Å². The molecule has 0 bridgehead atoms. The van der Waals surface area contributed by atoms with E-state index >= 15 is 0 Å². The summed E-state index contributed by atoms with van der Waals surface area (Å²) in [6.45, 7) is 1.81. The zero-order valence-electron chi connectivity index (χ0n) is 18.3. The van der Waals surface area contributed by atoms with Gasteiger partial charge in [-0.15, -0.1) is 10.2 Å². The summed E-state index contributed by atoms with van der Waals surface area (Å²) in [4.78, 5) is 24.6. The molecule has 0 fully saturated rings. The number of hydrogen-bond acceptors (Lipinski definition) is 6. The highest BCUT2D eigenvalue weighted by Crippen LogP contribution is 2.22. The third-order valence-corrected chi connectivity index (χ3v) is 6.00. The molecule has 1 atom stereocenters. The Kier molecular flexibility index (Phi) is 8.29. The van der Waals surface area contributed by atoms with Crippen LogP contribution in [0.2, 0.25) is 5.02 Å². The van der Waals surface area contributed by atoms with Crippen LogP contribution in [-0.2, 0) is 23.1 Å². The lowest BCUT2D eigenvalue weighted by atomic mass is 10.1. The molecule has 0 unspecified atom stereocenters. The van der Waals surface area contributed by atoms with Crippen molar-refractivity contribution in [1.29, 1.82) is 0 Å². The van der Waals surface area contributed by atoms with Crippen molar-refractivity contribution >= 4 is 40.9 Å². The summed E-state index contributed by atoms with van der Waals surface area (Å²) in [5.74, 6) is 0.355. The quantitative estimate of drug-likeness (QED) is 0.442. The van der Waals surface area contributed by atoms with Crippen LogP contribution in [0.5, 0.6) is 5.75 Å². The van der Waals surface area contributed by atoms with Crippen molar-refractivity contribution in [2.45, 2.75) is 24.5 Å². The molecule has 0 saturated carbocycles. The topological polar surface area (TPSA) is 98.1 Å². The SMILES string of the molecule is COc1ccc(CC(=O)N[C@@H](C)c2nnc(SCC(=O)Nc3ccc(F)c(Cl)c3)n2C)cc1. The monoisotopic (exact) mass is 491 g/mol. The molecular weight excluding hydrogens is 469 g/mol. The Morgan fingerprint density at radius 2 is 1.91 bits per heavy atom. The Hall–Kier alpha value is -3.11. The smallest absolute Gasteiger partial charge is 0.234 e. The fraction of sp³-hybridized carbons (Fsp3) is 0.273. The number of nitrogens with zero attached hydrogens (tertiary/aromatic N) is 3. The van der Waals surface area contributed by atoms with E-state index in [4.69, 9.17) is 16.3 Å². The summed E-state index contributed by atoms with van der Waals surface area (Å²) in [5, 5.41) is 14.3. The van der Waals surface area contributed by atoms with Gasteiger partial charge in [-0.2, -0.15) is 0 Å². The van der Waals surface area contributed by atoms with E-state index in [9.17, 15) is 14.0 Å². The molecule has 8 nitrogen and oxygen atoms in total. The first-order chi connectivity index (χ1) is 15.8. The molecule has 2 N–H and O–H groups in total. The summed E-state index contributed by atoms with van der Waals surface area (Å²) in [6.07, 6.45) is 0.224. The molecule has 1 aromatic heterocycles. The summed E-state index contributed by atoms with van der Waals surface area (Å²) in [6, 6.07) is 10.9. The number of nitrogens with one attached hydrogen (secondary N) is 2. The van der Waals surface area contributed by atoms with Gasteiger partial charge in [0.1, 0.15) is 11.6 Å². The predicted molar refractivity (Wildman–Crippen MR) is 125 cm³/mol. The Morgan fingerprint density at radius 1 is 1.18 bits per heavy atom. The summed E-state index contributed by atoms with van der Waals surface area (Å²) in [5.41, 5.74) is 1.27. The summed E-state index contributed by atoms with van der Waals surface area (Å²) < 4.78 is 20.1. The van der Waals surface area contributed by atoms with E-state index in [0.717, 1.165) is 11.3 Å². The van der Waals surface area contributed by atoms with Gasteiger partial charge in [0.15, 0.2) is 11.0 Å². The van der Waals surface area contributed by atoms with Gasteiger partial charge in [0, 0.05) is 12.7 Å². The van der Waals surface area contributed by atoms with E-state index in [-0.39, 0.29) is 35.1 Å². The first-order valence-corrected chi connectivity index (χ1v) is 11.3. The third-order valence-electron chi connectivity index (χ3n) is 4.69. The van der Waals surface area contributed by atoms with Crippen molar-refractivity contribution in [3.8, 4) is 5.75 Å². The second-order valence-corrected chi connectivity index (χ2v) is 8.53. The van der Waals surface area contributed by atoms with Gasteiger partial charge in [0.2, 0.25) is 11.8 Å². The minimum absolute atomic E-state index is 0.0681. The van der Waals surface area contributed by atoms with E-state index in [1.807, 2.05) is 19.1 Å². The van der Waals surface area contributed by atoms with Crippen LogP contribution in [0.1, 0.15) is 24.4 Å². The van der Waals surface area contributed by atoms with E-state index < -0.39 is 5.82 Å². The van der Waals surface area contributed by atoms with Gasteiger partial charge in [-0.05, 0) is 42.8 Å². The lowest BCUT2D eigenvalue weighted by Gasteiger charge is -2.14. The number of ether oxygens (including phenoxy) is 1. The molecule has 174 valence electrons. The van der Waals surface area contributed by atoms with Crippen LogP contribution in [0.4, 0.5) is 10.1 Å². The standard InChI is InChI=1S/C22H23ClFN5O3S/c1-13(25-19(30)10-14-4-7-16(32-3)8-5-14)21-27-28-22(29(21)2)33-12-20(31)26-15-6-9-18(24)17(23)11-15/h4-9,11,13H,10,12H2,1-3H3,(H,25,30)(H,26,31)/t13-/m0/s1. The molecule has 0 saturated heterocycles. The molecule has 0 aliphatic rings. The average Bonchev–Trinajstić information content (AvgIpc) is 3.15. The number of methoxy groups -OCH3 is 1. The van der Waals surface area contributed by atoms with Gasteiger partial charge in [-0.25, -0.2) is 4.39 Å². The Bertz CT molecular complexity index is 1140. The van der Waals surface area contributed by atoms with Gasteiger partial charge in [0.05, 0.1) is 30.3 Å². The van der Waals surface area contributed by atoms with Crippen molar-refractivity contribution in [1.82, 2.24) is 20.1 Å². The third kappa shape index (κ3) is 6.69. The number of thioether (sulfide) groups is 1. The van der Waals surface area contributed by atoms with Crippen LogP contribution in [0.15, 0.2) is 47.6 Å². The second kappa shape index (κ2) is 11.2. The van der Waals surface area contributed by atoms with E-state index in [0.29, 0.717) is 16.7 Å². The van der Waals surface area contributed by atoms with Gasteiger partial charge in [-0.3, -0.25) is 9.59 Å². The zero-order chi connectivity index (χ0) is 24.0. The van der Waals surface area contributed by atoms with E-state index in [1.54, 1.807) is 30.9 Å². The maximum absolute atomic E-state index is 13.2. The number of rotatable bonds is 9. The predicted octanol–water partition coefficient (Wildman–Crippen LogP) is 3.77. The van der Waals surface area contributed by atoms with E-state index in [1.165, 1.54) is 30.0 Å². The van der Waals surface area contributed by atoms with Gasteiger partial charge >= 0.3 is 0 Å². The zero-order valence-corrected chi connectivity index (χ0v) is 19.8.